The number of rotatable bonds is 3. The molecule has 2 heterocycles. The summed E-state index contributed by atoms with van der Waals surface area (Å²) in [5.41, 5.74) is 0.233. The van der Waals surface area contributed by atoms with Gasteiger partial charge in [0.05, 0.1) is 12.1 Å². The minimum Gasteiger partial charge on any atom is -0.485 e. The van der Waals surface area contributed by atoms with E-state index in [0.29, 0.717) is 24.3 Å². The second kappa shape index (κ2) is 6.80. The van der Waals surface area contributed by atoms with Crippen LogP contribution in [0.15, 0.2) is 42.6 Å². The number of amides is 1. The molecule has 0 bridgehead atoms. The quantitative estimate of drug-likeness (QED) is 0.930. The number of likely N-dealkylation sites (tertiary alicyclic amines) is 1. The molecule has 1 N–H and O–H groups in total. The average molecular weight is 344 g/mol. The highest BCUT2D eigenvalue weighted by atomic mass is 19.1. The molecule has 1 aromatic heterocycles. The number of hydrogen-bond donors (Lipinski definition) is 1. The summed E-state index contributed by atoms with van der Waals surface area (Å²) in [7, 11) is 0. The van der Waals surface area contributed by atoms with Crippen molar-refractivity contribution < 1.29 is 19.0 Å². The molecular formula is C19H21FN2O3. The van der Waals surface area contributed by atoms with Crippen molar-refractivity contribution in [2.75, 3.05) is 13.1 Å². The summed E-state index contributed by atoms with van der Waals surface area (Å²) >= 11 is 0. The molecule has 0 radical (unpaired) electrons. The van der Waals surface area contributed by atoms with E-state index in [9.17, 15) is 14.3 Å². The van der Waals surface area contributed by atoms with E-state index in [-0.39, 0.29) is 12.5 Å². The van der Waals surface area contributed by atoms with Crippen LogP contribution in [0.3, 0.4) is 0 Å². The molecule has 0 aliphatic carbocycles. The van der Waals surface area contributed by atoms with Crippen LogP contribution in [0.1, 0.15) is 29.4 Å². The van der Waals surface area contributed by atoms with Gasteiger partial charge in [0.1, 0.15) is 23.3 Å². The van der Waals surface area contributed by atoms with Gasteiger partial charge < -0.3 is 14.7 Å². The molecule has 6 heteroatoms. The third-order valence-electron chi connectivity index (χ3n) is 4.49. The Morgan fingerprint density at radius 3 is 2.88 bits per heavy atom. The number of halogens is 1. The largest absolute Gasteiger partial charge is 0.485 e. The molecule has 1 saturated heterocycles. The van der Waals surface area contributed by atoms with Gasteiger partial charge in [0.25, 0.3) is 5.91 Å². The summed E-state index contributed by atoms with van der Waals surface area (Å²) in [6.07, 6.45) is 1.27. The maximum Gasteiger partial charge on any atom is 0.255 e. The van der Waals surface area contributed by atoms with E-state index >= 15 is 0 Å². The second-order valence-electron chi connectivity index (χ2n) is 6.61. The fraction of sp³-hybridized carbons (Fsp3) is 0.368. The molecular weight excluding hydrogens is 323 g/mol. The number of piperidine rings is 1. The summed E-state index contributed by atoms with van der Waals surface area (Å²) in [6.45, 7) is 4.17. The van der Waals surface area contributed by atoms with Crippen molar-refractivity contribution in [3.63, 3.8) is 0 Å². The van der Waals surface area contributed by atoms with Gasteiger partial charge in [-0.2, -0.15) is 0 Å². The first kappa shape index (κ1) is 17.4. The van der Waals surface area contributed by atoms with Gasteiger partial charge in [-0.05, 0) is 44.5 Å². The number of ether oxygens (including phenoxy) is 1. The SMILES string of the molecule is Cc1ccc(C(=O)N2CC[C@](C)(O)[C@@H](Oc3cccc(F)c3)C2)cn1. The Balaban J connectivity index is 1.76. The van der Waals surface area contributed by atoms with Crippen molar-refractivity contribution in [1.82, 2.24) is 9.88 Å². The van der Waals surface area contributed by atoms with E-state index in [4.69, 9.17) is 4.74 Å². The number of aromatic nitrogens is 1. The van der Waals surface area contributed by atoms with E-state index in [0.717, 1.165) is 5.69 Å². The average Bonchev–Trinajstić information content (AvgIpc) is 2.57. The van der Waals surface area contributed by atoms with Crippen LogP contribution in [0.25, 0.3) is 0 Å². The smallest absolute Gasteiger partial charge is 0.255 e. The van der Waals surface area contributed by atoms with Gasteiger partial charge in [0.15, 0.2) is 0 Å². The molecule has 5 nitrogen and oxygen atoms in total. The predicted octanol–water partition coefficient (Wildman–Crippen LogP) is 2.57. The molecule has 3 rings (SSSR count). The Morgan fingerprint density at radius 2 is 2.20 bits per heavy atom. The van der Waals surface area contributed by atoms with Crippen molar-refractivity contribution >= 4 is 5.91 Å². The number of carbonyl (C=O) groups is 1. The number of pyridine rings is 1. The first-order valence-electron chi connectivity index (χ1n) is 8.22. The number of nitrogens with zero attached hydrogens (tertiary/aromatic N) is 2. The van der Waals surface area contributed by atoms with Crippen LogP contribution in [-0.4, -0.2) is 45.7 Å². The molecule has 2 atom stereocenters. The summed E-state index contributed by atoms with van der Waals surface area (Å²) in [5.74, 6) is -0.237. The van der Waals surface area contributed by atoms with Crippen LogP contribution < -0.4 is 4.74 Å². The predicted molar refractivity (Wildman–Crippen MR) is 90.9 cm³/mol. The van der Waals surface area contributed by atoms with Crippen LogP contribution >= 0.6 is 0 Å². The van der Waals surface area contributed by atoms with E-state index in [1.807, 2.05) is 6.92 Å². The number of hydrogen-bond acceptors (Lipinski definition) is 4. The lowest BCUT2D eigenvalue weighted by Gasteiger charge is -2.42. The minimum atomic E-state index is -1.10. The van der Waals surface area contributed by atoms with E-state index in [1.54, 1.807) is 42.3 Å². The molecule has 0 saturated carbocycles. The highest BCUT2D eigenvalue weighted by molar-refractivity contribution is 5.94. The van der Waals surface area contributed by atoms with Gasteiger partial charge in [0.2, 0.25) is 0 Å². The van der Waals surface area contributed by atoms with Gasteiger partial charge in [-0.3, -0.25) is 9.78 Å². The number of aryl methyl sites for hydroxylation is 1. The first-order valence-corrected chi connectivity index (χ1v) is 8.22. The summed E-state index contributed by atoms with van der Waals surface area (Å²) in [5, 5.41) is 10.6. The molecule has 25 heavy (non-hydrogen) atoms. The fourth-order valence-corrected chi connectivity index (χ4v) is 2.84. The molecule has 1 aliphatic heterocycles. The van der Waals surface area contributed by atoms with Gasteiger partial charge in [0, 0.05) is 24.5 Å². The second-order valence-corrected chi connectivity index (χ2v) is 6.61. The maximum absolute atomic E-state index is 13.4. The lowest BCUT2D eigenvalue weighted by atomic mass is 9.90. The number of aliphatic hydroxyl groups is 1. The Hall–Kier alpha value is -2.47. The van der Waals surface area contributed by atoms with Crippen molar-refractivity contribution in [3.05, 3.63) is 59.7 Å². The Morgan fingerprint density at radius 1 is 1.40 bits per heavy atom. The molecule has 0 unspecified atom stereocenters. The lowest BCUT2D eigenvalue weighted by molar-refractivity contribution is -0.0882. The Kier molecular flexibility index (Phi) is 4.72. The van der Waals surface area contributed by atoms with Crippen molar-refractivity contribution in [2.24, 2.45) is 0 Å². The lowest BCUT2D eigenvalue weighted by Crippen LogP contribution is -2.57. The fourth-order valence-electron chi connectivity index (χ4n) is 2.84. The standard InChI is InChI=1S/C19H21FN2O3/c1-13-6-7-14(11-21-13)18(23)22-9-8-19(2,24)17(12-22)25-16-5-3-4-15(20)10-16/h3-7,10-11,17,24H,8-9,12H2,1-2H3/t17-,19-/m0/s1. The molecule has 132 valence electrons. The van der Waals surface area contributed by atoms with Crippen LogP contribution in [-0.2, 0) is 0 Å². The van der Waals surface area contributed by atoms with Gasteiger partial charge in [-0.15, -0.1) is 0 Å². The van der Waals surface area contributed by atoms with Crippen LogP contribution in [0.5, 0.6) is 5.75 Å². The molecule has 0 spiro atoms. The van der Waals surface area contributed by atoms with Crippen molar-refractivity contribution in [1.29, 1.82) is 0 Å². The van der Waals surface area contributed by atoms with Crippen molar-refractivity contribution in [2.45, 2.75) is 32.0 Å². The highest BCUT2D eigenvalue weighted by Crippen LogP contribution is 2.27. The maximum atomic E-state index is 13.4. The summed E-state index contributed by atoms with van der Waals surface area (Å²) < 4.78 is 19.1. The minimum absolute atomic E-state index is 0.157. The Labute approximate surface area is 146 Å². The molecule has 1 fully saturated rings. The third kappa shape index (κ3) is 3.96. The number of benzene rings is 1. The zero-order valence-electron chi connectivity index (χ0n) is 14.3. The molecule has 1 amide bonds. The van der Waals surface area contributed by atoms with E-state index in [2.05, 4.69) is 4.98 Å². The molecule has 1 aliphatic rings. The van der Waals surface area contributed by atoms with Crippen LogP contribution in [0.4, 0.5) is 4.39 Å². The van der Waals surface area contributed by atoms with Gasteiger partial charge in [-0.25, -0.2) is 4.39 Å². The number of carbonyl (C=O) groups excluding carboxylic acids is 1. The first-order chi connectivity index (χ1) is 11.8. The monoisotopic (exact) mass is 344 g/mol. The van der Waals surface area contributed by atoms with E-state index in [1.165, 1.54) is 12.1 Å². The zero-order chi connectivity index (χ0) is 18.0. The van der Waals surface area contributed by atoms with E-state index < -0.39 is 17.5 Å². The zero-order valence-corrected chi connectivity index (χ0v) is 14.3. The molecule has 2 aromatic rings. The topological polar surface area (TPSA) is 62.7 Å². The third-order valence-corrected chi connectivity index (χ3v) is 4.49. The molecule has 1 aromatic carbocycles. The Bertz CT molecular complexity index is 762. The summed E-state index contributed by atoms with van der Waals surface area (Å²) in [4.78, 5) is 18.4. The van der Waals surface area contributed by atoms with Crippen molar-refractivity contribution in [3.8, 4) is 5.75 Å². The van der Waals surface area contributed by atoms with Crippen LogP contribution in [0, 0.1) is 12.7 Å². The van der Waals surface area contributed by atoms with Crippen LogP contribution in [0.2, 0.25) is 0 Å². The van der Waals surface area contributed by atoms with Gasteiger partial charge in [-0.1, -0.05) is 6.07 Å². The normalized spacial score (nSPS) is 23.4. The highest BCUT2D eigenvalue weighted by Gasteiger charge is 2.41. The summed E-state index contributed by atoms with van der Waals surface area (Å²) in [6, 6.07) is 9.29. The van der Waals surface area contributed by atoms with Gasteiger partial charge >= 0.3 is 0 Å².